The van der Waals surface area contributed by atoms with Crippen LogP contribution in [-0.2, 0) is 9.59 Å². The summed E-state index contributed by atoms with van der Waals surface area (Å²) in [5, 5.41) is 11.5. The molecule has 1 aliphatic heterocycles. The number of nitrogens with zero attached hydrogens (tertiary/aromatic N) is 1. The normalized spacial score (nSPS) is 17.6. The highest BCUT2D eigenvalue weighted by molar-refractivity contribution is 6.52. The van der Waals surface area contributed by atoms with Crippen LogP contribution in [0.4, 0.5) is 5.69 Å². The number of aliphatic hydroxyl groups is 1. The van der Waals surface area contributed by atoms with Gasteiger partial charge < -0.3 is 14.3 Å². The molecule has 0 bridgehead atoms. The van der Waals surface area contributed by atoms with Crippen molar-refractivity contribution in [2.24, 2.45) is 0 Å². The van der Waals surface area contributed by atoms with Gasteiger partial charge in [0, 0.05) is 11.3 Å². The highest BCUT2D eigenvalue weighted by Crippen LogP contribution is 2.45. The second-order valence-electron chi connectivity index (χ2n) is 7.88. The molecule has 0 aliphatic carbocycles. The SMILES string of the molecule is COc1c(Cl)cc(/C(O)=C2/C(=O)C(=O)N(c3cc(C)ccc3C)C2c2ccc(C)o2)cc1Cl. The van der Waals surface area contributed by atoms with Crippen LogP contribution in [0.15, 0.2) is 52.5 Å². The smallest absolute Gasteiger partial charge is 0.300 e. The number of furan rings is 1. The van der Waals surface area contributed by atoms with Crippen molar-refractivity contribution in [3.8, 4) is 5.75 Å². The average Bonchev–Trinajstić information content (AvgIpc) is 3.30. The van der Waals surface area contributed by atoms with Crippen LogP contribution in [0.2, 0.25) is 10.0 Å². The van der Waals surface area contributed by atoms with Gasteiger partial charge in [-0.3, -0.25) is 14.5 Å². The standard InChI is InChI=1S/C25H21Cl2NO5/c1-12-5-6-13(2)18(9-12)28-21(19-8-7-14(3)33-19)20(23(30)25(28)31)22(29)15-10-16(26)24(32-4)17(27)11-15/h5-11,21,29H,1-4H3/b22-20-. The van der Waals surface area contributed by atoms with Gasteiger partial charge in [0.1, 0.15) is 23.3 Å². The zero-order valence-electron chi connectivity index (χ0n) is 18.4. The summed E-state index contributed by atoms with van der Waals surface area (Å²) in [6.45, 7) is 5.51. The number of aliphatic hydroxyl groups excluding tert-OH is 1. The maximum absolute atomic E-state index is 13.3. The van der Waals surface area contributed by atoms with Crippen molar-refractivity contribution in [3.05, 3.63) is 86.3 Å². The summed E-state index contributed by atoms with van der Waals surface area (Å²) in [6, 6.07) is 10.9. The van der Waals surface area contributed by atoms with Crippen molar-refractivity contribution in [1.29, 1.82) is 0 Å². The predicted octanol–water partition coefficient (Wildman–Crippen LogP) is 6.15. The minimum absolute atomic E-state index is 0.118. The van der Waals surface area contributed by atoms with Gasteiger partial charge in [0.2, 0.25) is 0 Å². The van der Waals surface area contributed by atoms with E-state index in [4.69, 9.17) is 32.4 Å². The number of anilines is 1. The van der Waals surface area contributed by atoms with Crippen molar-refractivity contribution in [2.45, 2.75) is 26.8 Å². The molecule has 2 aromatic carbocycles. The van der Waals surface area contributed by atoms with Crippen LogP contribution >= 0.6 is 23.2 Å². The summed E-state index contributed by atoms with van der Waals surface area (Å²) in [5.74, 6) is -0.826. The molecule has 1 aliphatic rings. The number of hydrogen-bond acceptors (Lipinski definition) is 5. The Morgan fingerprint density at radius 1 is 1.03 bits per heavy atom. The topological polar surface area (TPSA) is 80.0 Å². The van der Waals surface area contributed by atoms with Crippen LogP contribution in [0.3, 0.4) is 0 Å². The van der Waals surface area contributed by atoms with E-state index in [2.05, 4.69) is 0 Å². The Kier molecular flexibility index (Phi) is 5.99. The molecule has 2 heterocycles. The molecular weight excluding hydrogens is 465 g/mol. The highest BCUT2D eigenvalue weighted by Gasteiger charge is 2.48. The van der Waals surface area contributed by atoms with Crippen LogP contribution in [0.5, 0.6) is 5.75 Å². The number of carbonyl (C=O) groups excluding carboxylic acids is 2. The van der Waals surface area contributed by atoms with Gasteiger partial charge in [-0.1, -0.05) is 35.3 Å². The number of amides is 1. The molecule has 3 aromatic rings. The fraction of sp³-hybridized carbons (Fsp3) is 0.200. The zero-order chi connectivity index (χ0) is 24.0. The van der Waals surface area contributed by atoms with Crippen LogP contribution < -0.4 is 9.64 Å². The molecule has 0 spiro atoms. The molecule has 1 atom stereocenters. The minimum Gasteiger partial charge on any atom is -0.507 e. The first-order valence-electron chi connectivity index (χ1n) is 10.1. The van der Waals surface area contributed by atoms with E-state index in [0.717, 1.165) is 11.1 Å². The Bertz CT molecular complexity index is 1300. The molecule has 6 nitrogen and oxygen atoms in total. The second-order valence-corrected chi connectivity index (χ2v) is 8.69. The second kappa shape index (κ2) is 8.61. The van der Waals surface area contributed by atoms with Gasteiger partial charge >= 0.3 is 0 Å². The Morgan fingerprint density at radius 2 is 1.70 bits per heavy atom. The number of rotatable bonds is 4. The molecule has 33 heavy (non-hydrogen) atoms. The van der Waals surface area contributed by atoms with E-state index in [1.54, 1.807) is 19.1 Å². The lowest BCUT2D eigenvalue weighted by atomic mass is 9.98. The molecule has 1 fully saturated rings. The lowest BCUT2D eigenvalue weighted by Crippen LogP contribution is -2.30. The molecule has 1 amide bonds. The summed E-state index contributed by atoms with van der Waals surface area (Å²) in [4.78, 5) is 27.9. The van der Waals surface area contributed by atoms with Gasteiger partial charge in [-0.25, -0.2) is 0 Å². The number of hydrogen-bond donors (Lipinski definition) is 1. The van der Waals surface area contributed by atoms with Gasteiger partial charge in [0.15, 0.2) is 5.75 Å². The van der Waals surface area contributed by atoms with Gasteiger partial charge in [0.25, 0.3) is 11.7 Å². The van der Waals surface area contributed by atoms with Crippen LogP contribution in [0, 0.1) is 20.8 Å². The minimum atomic E-state index is -0.973. The van der Waals surface area contributed by atoms with E-state index in [0.29, 0.717) is 17.2 Å². The molecule has 1 saturated heterocycles. The zero-order valence-corrected chi connectivity index (χ0v) is 19.9. The number of carbonyl (C=O) groups is 2. The third kappa shape index (κ3) is 3.90. The number of benzene rings is 2. The van der Waals surface area contributed by atoms with Gasteiger partial charge in [-0.15, -0.1) is 0 Å². The number of methoxy groups -OCH3 is 1. The number of ketones is 1. The first kappa shape index (κ1) is 23.0. The summed E-state index contributed by atoms with van der Waals surface area (Å²) < 4.78 is 11.0. The number of aryl methyl sites for hydroxylation is 3. The quantitative estimate of drug-likeness (QED) is 0.272. The lowest BCUT2D eigenvalue weighted by Gasteiger charge is -2.25. The monoisotopic (exact) mass is 485 g/mol. The Labute approximate surface area is 201 Å². The summed E-state index contributed by atoms with van der Waals surface area (Å²) in [7, 11) is 1.42. The lowest BCUT2D eigenvalue weighted by molar-refractivity contribution is -0.132. The Hall–Kier alpha value is -3.22. The molecule has 1 aromatic heterocycles. The van der Waals surface area contributed by atoms with E-state index in [1.807, 2.05) is 32.0 Å². The van der Waals surface area contributed by atoms with E-state index >= 15 is 0 Å². The van der Waals surface area contributed by atoms with Crippen LogP contribution in [-0.4, -0.2) is 23.9 Å². The van der Waals surface area contributed by atoms with Gasteiger partial charge in [0.05, 0.1) is 22.7 Å². The summed E-state index contributed by atoms with van der Waals surface area (Å²) >= 11 is 12.5. The third-order valence-electron chi connectivity index (χ3n) is 5.58. The molecule has 0 saturated carbocycles. The fourth-order valence-electron chi connectivity index (χ4n) is 3.98. The van der Waals surface area contributed by atoms with E-state index in [1.165, 1.54) is 24.1 Å². The van der Waals surface area contributed by atoms with Crippen molar-refractivity contribution in [2.75, 3.05) is 12.0 Å². The fourth-order valence-corrected chi connectivity index (χ4v) is 4.62. The first-order valence-corrected chi connectivity index (χ1v) is 10.9. The van der Waals surface area contributed by atoms with E-state index in [-0.39, 0.29) is 26.9 Å². The highest BCUT2D eigenvalue weighted by atomic mass is 35.5. The van der Waals surface area contributed by atoms with Crippen molar-refractivity contribution < 1.29 is 23.8 Å². The van der Waals surface area contributed by atoms with Crippen molar-refractivity contribution in [1.82, 2.24) is 0 Å². The average molecular weight is 486 g/mol. The van der Waals surface area contributed by atoms with Gasteiger partial charge in [-0.2, -0.15) is 0 Å². The van der Waals surface area contributed by atoms with Crippen LogP contribution in [0.1, 0.15) is 34.3 Å². The Balaban J connectivity index is 1.98. The van der Waals surface area contributed by atoms with Crippen molar-refractivity contribution >= 4 is 46.3 Å². The maximum atomic E-state index is 13.3. The molecule has 1 unspecified atom stereocenters. The predicted molar refractivity (Wildman–Crippen MR) is 127 cm³/mol. The molecule has 0 radical (unpaired) electrons. The number of halogens is 2. The van der Waals surface area contributed by atoms with Crippen molar-refractivity contribution in [3.63, 3.8) is 0 Å². The molecule has 8 heteroatoms. The Morgan fingerprint density at radius 3 is 2.27 bits per heavy atom. The maximum Gasteiger partial charge on any atom is 0.300 e. The van der Waals surface area contributed by atoms with Gasteiger partial charge in [-0.05, 0) is 62.2 Å². The number of ether oxygens (including phenoxy) is 1. The molecular formula is C25H21Cl2NO5. The van der Waals surface area contributed by atoms with Crippen LogP contribution in [0.25, 0.3) is 5.76 Å². The van der Waals surface area contributed by atoms with E-state index in [9.17, 15) is 14.7 Å². The molecule has 4 rings (SSSR count). The third-order valence-corrected chi connectivity index (χ3v) is 6.14. The first-order chi connectivity index (χ1) is 15.6. The summed E-state index contributed by atoms with van der Waals surface area (Å²) in [5.41, 5.74) is 2.33. The molecule has 1 N–H and O–H groups in total. The largest absolute Gasteiger partial charge is 0.507 e. The summed E-state index contributed by atoms with van der Waals surface area (Å²) in [6.07, 6.45) is 0. The number of Topliss-reactive ketones (excluding diaryl/α,β-unsaturated/α-hetero) is 1. The molecule has 170 valence electrons. The van der Waals surface area contributed by atoms with E-state index < -0.39 is 23.5 Å².